The highest BCUT2D eigenvalue weighted by Gasteiger charge is 2.26. The van der Waals surface area contributed by atoms with Crippen molar-refractivity contribution < 1.29 is 9.47 Å². The van der Waals surface area contributed by atoms with Gasteiger partial charge in [0.2, 0.25) is 0 Å². The summed E-state index contributed by atoms with van der Waals surface area (Å²) in [4.78, 5) is 2.33. The van der Waals surface area contributed by atoms with Crippen LogP contribution in [0.4, 0.5) is 0 Å². The van der Waals surface area contributed by atoms with Gasteiger partial charge in [-0.25, -0.2) is 0 Å². The first-order chi connectivity index (χ1) is 9.15. The molecule has 0 aromatic heterocycles. The van der Waals surface area contributed by atoms with Crippen molar-refractivity contribution in [3.63, 3.8) is 0 Å². The average molecular weight is 337 g/mol. The molecule has 1 aromatic carbocycles. The summed E-state index contributed by atoms with van der Waals surface area (Å²) in [6.45, 7) is 4.69. The van der Waals surface area contributed by atoms with Crippen LogP contribution in [0.15, 0.2) is 18.2 Å². The van der Waals surface area contributed by atoms with E-state index in [4.69, 9.17) is 15.2 Å². The number of piperidine rings is 1. The average Bonchev–Trinajstić information content (AvgIpc) is 2.42. The summed E-state index contributed by atoms with van der Waals surface area (Å²) in [5, 5.41) is 0. The number of methoxy groups -OCH3 is 1. The second kappa shape index (κ2) is 9.36. The monoisotopic (exact) mass is 336 g/mol. The molecule has 21 heavy (non-hydrogen) atoms. The Hall–Kier alpha value is -0.680. The molecule has 0 amide bonds. The number of nitrogens with zero attached hydrogens (tertiary/aromatic N) is 1. The van der Waals surface area contributed by atoms with Crippen molar-refractivity contribution in [1.29, 1.82) is 0 Å². The van der Waals surface area contributed by atoms with Crippen molar-refractivity contribution in [2.75, 3.05) is 33.9 Å². The van der Waals surface area contributed by atoms with Gasteiger partial charge in [0, 0.05) is 18.5 Å². The standard InChI is InChI=1S/C15H24N2O2.2ClH/c1-4-19-15-9-11(5-6-14(15)18-3)12-10-17(2)8-7-13(12)16;;/h5-6,9,12-13H,4,7-8,10,16H2,1-3H3;2*1H/t12-,13-;;/m0../s1. The van der Waals surface area contributed by atoms with E-state index in [1.807, 2.05) is 13.0 Å². The Bertz CT molecular complexity index is 432. The number of nitrogens with two attached hydrogens (primary N) is 1. The number of likely N-dealkylation sites (tertiary alicyclic amines) is 1. The minimum absolute atomic E-state index is 0. The third-order valence-corrected chi connectivity index (χ3v) is 3.79. The zero-order chi connectivity index (χ0) is 13.8. The first kappa shape index (κ1) is 20.3. The number of hydrogen-bond acceptors (Lipinski definition) is 4. The van der Waals surface area contributed by atoms with E-state index in [0.29, 0.717) is 12.5 Å². The molecule has 122 valence electrons. The summed E-state index contributed by atoms with van der Waals surface area (Å²) in [5.41, 5.74) is 7.51. The van der Waals surface area contributed by atoms with Gasteiger partial charge in [0.05, 0.1) is 13.7 Å². The molecule has 0 bridgehead atoms. The molecule has 1 aliphatic rings. The van der Waals surface area contributed by atoms with Crippen LogP contribution in [0.1, 0.15) is 24.8 Å². The first-order valence-corrected chi connectivity index (χ1v) is 6.90. The SMILES string of the molecule is CCOc1cc([C@@H]2CN(C)CC[C@@H]2N)ccc1OC.Cl.Cl. The number of benzene rings is 1. The largest absolute Gasteiger partial charge is 0.493 e. The van der Waals surface area contributed by atoms with Gasteiger partial charge in [-0.3, -0.25) is 0 Å². The van der Waals surface area contributed by atoms with Crippen LogP contribution in [-0.4, -0.2) is 44.8 Å². The molecule has 4 nitrogen and oxygen atoms in total. The van der Waals surface area contributed by atoms with Gasteiger partial charge in [-0.05, 0) is 44.6 Å². The van der Waals surface area contributed by atoms with Gasteiger partial charge in [-0.1, -0.05) is 6.07 Å². The van der Waals surface area contributed by atoms with E-state index < -0.39 is 0 Å². The van der Waals surface area contributed by atoms with Gasteiger partial charge >= 0.3 is 0 Å². The van der Waals surface area contributed by atoms with Crippen LogP contribution < -0.4 is 15.2 Å². The molecule has 1 heterocycles. The Morgan fingerprint density at radius 3 is 2.62 bits per heavy atom. The highest BCUT2D eigenvalue weighted by molar-refractivity contribution is 5.85. The maximum atomic E-state index is 6.27. The zero-order valence-electron chi connectivity index (χ0n) is 12.9. The van der Waals surface area contributed by atoms with Crippen molar-refractivity contribution in [3.05, 3.63) is 23.8 Å². The summed E-state index contributed by atoms with van der Waals surface area (Å²) in [6, 6.07) is 6.37. The number of halogens is 2. The fourth-order valence-electron chi connectivity index (χ4n) is 2.68. The summed E-state index contributed by atoms with van der Waals surface area (Å²) in [7, 11) is 3.81. The number of hydrogen-bond donors (Lipinski definition) is 1. The summed E-state index contributed by atoms with van der Waals surface area (Å²) in [5.74, 6) is 1.95. The maximum absolute atomic E-state index is 6.27. The topological polar surface area (TPSA) is 47.7 Å². The molecular formula is C15H26Cl2N2O2. The Balaban J connectivity index is 0.00000200. The van der Waals surface area contributed by atoms with Crippen LogP contribution in [0.3, 0.4) is 0 Å². The third-order valence-electron chi connectivity index (χ3n) is 3.79. The van der Waals surface area contributed by atoms with Crippen LogP contribution in [0.2, 0.25) is 0 Å². The molecule has 1 aromatic rings. The van der Waals surface area contributed by atoms with Gasteiger partial charge in [-0.2, -0.15) is 0 Å². The van der Waals surface area contributed by atoms with E-state index in [0.717, 1.165) is 31.0 Å². The van der Waals surface area contributed by atoms with E-state index in [2.05, 4.69) is 24.1 Å². The van der Waals surface area contributed by atoms with Gasteiger partial charge in [0.25, 0.3) is 0 Å². The van der Waals surface area contributed by atoms with Crippen molar-refractivity contribution in [2.24, 2.45) is 5.73 Å². The fraction of sp³-hybridized carbons (Fsp3) is 0.600. The minimum atomic E-state index is 0. The molecule has 0 saturated carbocycles. The first-order valence-electron chi connectivity index (χ1n) is 6.90. The van der Waals surface area contributed by atoms with Gasteiger partial charge in [-0.15, -0.1) is 24.8 Å². The fourth-order valence-corrected chi connectivity index (χ4v) is 2.68. The van der Waals surface area contributed by atoms with E-state index in [9.17, 15) is 0 Å². The van der Waals surface area contributed by atoms with Crippen LogP contribution in [-0.2, 0) is 0 Å². The Morgan fingerprint density at radius 1 is 1.29 bits per heavy atom. The predicted molar refractivity (Wildman–Crippen MR) is 91.5 cm³/mol. The molecule has 6 heteroatoms. The lowest BCUT2D eigenvalue weighted by molar-refractivity contribution is 0.227. The Labute approximate surface area is 139 Å². The second-order valence-electron chi connectivity index (χ2n) is 5.16. The number of ether oxygens (including phenoxy) is 2. The molecule has 0 spiro atoms. The summed E-state index contributed by atoms with van der Waals surface area (Å²) >= 11 is 0. The highest BCUT2D eigenvalue weighted by Crippen LogP contribution is 2.33. The van der Waals surface area contributed by atoms with Crippen molar-refractivity contribution in [3.8, 4) is 11.5 Å². The molecule has 2 rings (SSSR count). The van der Waals surface area contributed by atoms with Gasteiger partial charge < -0.3 is 20.1 Å². The lowest BCUT2D eigenvalue weighted by Gasteiger charge is -2.35. The quantitative estimate of drug-likeness (QED) is 0.918. The smallest absolute Gasteiger partial charge is 0.161 e. The van der Waals surface area contributed by atoms with Crippen LogP contribution in [0.5, 0.6) is 11.5 Å². The molecule has 0 radical (unpaired) electrons. The zero-order valence-corrected chi connectivity index (χ0v) is 14.5. The van der Waals surface area contributed by atoms with E-state index >= 15 is 0 Å². The summed E-state index contributed by atoms with van der Waals surface area (Å²) < 4.78 is 11.0. The van der Waals surface area contributed by atoms with Crippen LogP contribution >= 0.6 is 24.8 Å². The lowest BCUT2D eigenvalue weighted by atomic mass is 9.86. The number of rotatable bonds is 4. The van der Waals surface area contributed by atoms with E-state index in [1.165, 1.54) is 5.56 Å². The third kappa shape index (κ3) is 4.92. The van der Waals surface area contributed by atoms with E-state index in [1.54, 1.807) is 7.11 Å². The van der Waals surface area contributed by atoms with Crippen LogP contribution in [0, 0.1) is 0 Å². The van der Waals surface area contributed by atoms with E-state index in [-0.39, 0.29) is 30.9 Å². The van der Waals surface area contributed by atoms with Gasteiger partial charge in [0.1, 0.15) is 0 Å². The second-order valence-corrected chi connectivity index (χ2v) is 5.16. The molecular weight excluding hydrogens is 311 g/mol. The normalized spacial score (nSPS) is 21.9. The van der Waals surface area contributed by atoms with Crippen molar-refractivity contribution in [2.45, 2.75) is 25.3 Å². The highest BCUT2D eigenvalue weighted by atomic mass is 35.5. The Morgan fingerprint density at radius 2 is 2.00 bits per heavy atom. The molecule has 1 saturated heterocycles. The lowest BCUT2D eigenvalue weighted by Crippen LogP contribution is -2.44. The number of likely N-dealkylation sites (N-methyl/N-ethyl adjacent to an activating group) is 1. The summed E-state index contributed by atoms with van der Waals surface area (Å²) in [6.07, 6.45) is 1.04. The van der Waals surface area contributed by atoms with Crippen molar-refractivity contribution in [1.82, 2.24) is 4.90 Å². The molecule has 1 aliphatic heterocycles. The van der Waals surface area contributed by atoms with Crippen molar-refractivity contribution >= 4 is 24.8 Å². The molecule has 0 unspecified atom stereocenters. The Kier molecular flexibility index (Phi) is 9.06. The predicted octanol–water partition coefficient (Wildman–Crippen LogP) is 2.68. The van der Waals surface area contributed by atoms with Crippen LogP contribution in [0.25, 0.3) is 0 Å². The maximum Gasteiger partial charge on any atom is 0.161 e. The molecule has 1 fully saturated rings. The molecule has 2 N–H and O–H groups in total. The minimum Gasteiger partial charge on any atom is -0.493 e. The van der Waals surface area contributed by atoms with Gasteiger partial charge in [0.15, 0.2) is 11.5 Å². The molecule has 2 atom stereocenters. The molecule has 0 aliphatic carbocycles.